The highest BCUT2D eigenvalue weighted by molar-refractivity contribution is 5.94. The van der Waals surface area contributed by atoms with Crippen LogP contribution in [-0.4, -0.2) is 26.1 Å². The van der Waals surface area contributed by atoms with Gasteiger partial charge in [0.2, 0.25) is 0 Å². The van der Waals surface area contributed by atoms with E-state index in [2.05, 4.69) is 39.3 Å². The molecule has 1 atom stereocenters. The Morgan fingerprint density at radius 3 is 2.44 bits per heavy atom. The number of carbonyl (C=O) groups is 1. The van der Waals surface area contributed by atoms with E-state index in [-0.39, 0.29) is 17.9 Å². The topological polar surface area (TPSA) is 83.6 Å². The number of hydrogen-bond donors (Lipinski definition) is 2. The summed E-state index contributed by atoms with van der Waals surface area (Å²) < 4.78 is 0. The summed E-state index contributed by atoms with van der Waals surface area (Å²) in [5.41, 5.74) is 2.32. The Hall–Kier alpha value is -3.02. The summed E-state index contributed by atoms with van der Waals surface area (Å²) in [6.07, 6.45) is 1.74. The second-order valence-corrected chi connectivity index (χ2v) is 6.27. The SMILES string of the molecule is Cc1nc(-c2ccc(C(=O)N[C@H](c3ccccn3)C(C)C)cc2)n[nH]1. The lowest BCUT2D eigenvalue weighted by Gasteiger charge is -2.22. The van der Waals surface area contributed by atoms with Crippen LogP contribution in [0, 0.1) is 12.8 Å². The highest BCUT2D eigenvalue weighted by Gasteiger charge is 2.20. The van der Waals surface area contributed by atoms with E-state index in [1.165, 1.54) is 0 Å². The number of nitrogens with one attached hydrogen (secondary N) is 2. The number of aryl methyl sites for hydroxylation is 1. The van der Waals surface area contributed by atoms with Gasteiger partial charge in [0.05, 0.1) is 11.7 Å². The highest BCUT2D eigenvalue weighted by atomic mass is 16.1. The van der Waals surface area contributed by atoms with Crippen molar-refractivity contribution < 1.29 is 4.79 Å². The molecule has 6 heteroatoms. The zero-order chi connectivity index (χ0) is 17.8. The first-order valence-electron chi connectivity index (χ1n) is 8.26. The van der Waals surface area contributed by atoms with Gasteiger partial charge >= 0.3 is 0 Å². The van der Waals surface area contributed by atoms with Crippen molar-refractivity contribution >= 4 is 5.91 Å². The van der Waals surface area contributed by atoms with Crippen molar-refractivity contribution in [3.63, 3.8) is 0 Å². The Kier molecular flexibility index (Phi) is 4.88. The van der Waals surface area contributed by atoms with E-state index in [1.807, 2.05) is 37.3 Å². The maximum atomic E-state index is 12.6. The minimum absolute atomic E-state index is 0.123. The summed E-state index contributed by atoms with van der Waals surface area (Å²) in [4.78, 5) is 21.3. The molecular formula is C19H21N5O. The number of H-pyrrole nitrogens is 1. The van der Waals surface area contributed by atoms with Crippen LogP contribution in [0.3, 0.4) is 0 Å². The number of hydrogen-bond acceptors (Lipinski definition) is 4. The van der Waals surface area contributed by atoms with Gasteiger partial charge in [0.25, 0.3) is 5.91 Å². The van der Waals surface area contributed by atoms with E-state index >= 15 is 0 Å². The smallest absolute Gasteiger partial charge is 0.251 e. The van der Waals surface area contributed by atoms with Crippen molar-refractivity contribution in [1.29, 1.82) is 0 Å². The maximum Gasteiger partial charge on any atom is 0.251 e. The number of nitrogens with zero attached hydrogens (tertiary/aromatic N) is 3. The third kappa shape index (κ3) is 3.91. The first-order chi connectivity index (χ1) is 12.0. The molecule has 0 unspecified atom stereocenters. The second kappa shape index (κ2) is 7.25. The van der Waals surface area contributed by atoms with Crippen molar-refractivity contribution in [2.24, 2.45) is 5.92 Å². The number of pyridine rings is 1. The predicted octanol–water partition coefficient (Wildman–Crippen LogP) is 3.30. The quantitative estimate of drug-likeness (QED) is 0.749. The minimum Gasteiger partial charge on any atom is -0.343 e. The molecule has 0 fully saturated rings. The Labute approximate surface area is 146 Å². The number of amides is 1. The zero-order valence-corrected chi connectivity index (χ0v) is 14.5. The number of benzene rings is 1. The Morgan fingerprint density at radius 1 is 1.12 bits per heavy atom. The molecule has 0 aliphatic heterocycles. The molecule has 0 aliphatic rings. The van der Waals surface area contributed by atoms with Crippen LogP contribution in [0.15, 0.2) is 48.7 Å². The van der Waals surface area contributed by atoms with E-state index < -0.39 is 0 Å². The number of aromatic amines is 1. The van der Waals surface area contributed by atoms with E-state index in [1.54, 1.807) is 18.3 Å². The molecule has 0 aliphatic carbocycles. The van der Waals surface area contributed by atoms with Crippen LogP contribution < -0.4 is 5.32 Å². The summed E-state index contributed by atoms with van der Waals surface area (Å²) >= 11 is 0. The van der Waals surface area contributed by atoms with Gasteiger partial charge in [-0.25, -0.2) is 4.98 Å². The number of rotatable bonds is 5. The van der Waals surface area contributed by atoms with Crippen LogP contribution in [0.5, 0.6) is 0 Å². The van der Waals surface area contributed by atoms with Crippen molar-refractivity contribution in [2.75, 3.05) is 0 Å². The maximum absolute atomic E-state index is 12.6. The predicted molar refractivity (Wildman–Crippen MR) is 95.8 cm³/mol. The average Bonchev–Trinajstić information content (AvgIpc) is 3.06. The van der Waals surface area contributed by atoms with E-state index in [9.17, 15) is 4.79 Å². The molecule has 2 heterocycles. The fraction of sp³-hybridized carbons (Fsp3) is 0.263. The molecular weight excluding hydrogens is 314 g/mol. The third-order valence-corrected chi connectivity index (χ3v) is 3.96. The highest BCUT2D eigenvalue weighted by Crippen LogP contribution is 2.21. The molecule has 1 amide bonds. The summed E-state index contributed by atoms with van der Waals surface area (Å²) in [7, 11) is 0. The molecule has 0 spiro atoms. The monoisotopic (exact) mass is 335 g/mol. The number of aromatic nitrogens is 4. The Morgan fingerprint density at radius 2 is 1.88 bits per heavy atom. The van der Waals surface area contributed by atoms with E-state index in [0.717, 1.165) is 17.1 Å². The van der Waals surface area contributed by atoms with Crippen LogP contribution in [0.25, 0.3) is 11.4 Å². The van der Waals surface area contributed by atoms with Crippen LogP contribution >= 0.6 is 0 Å². The summed E-state index contributed by atoms with van der Waals surface area (Å²) in [5.74, 6) is 1.49. The molecule has 0 bridgehead atoms. The molecule has 25 heavy (non-hydrogen) atoms. The summed E-state index contributed by atoms with van der Waals surface area (Å²) in [6, 6.07) is 12.9. The summed E-state index contributed by atoms with van der Waals surface area (Å²) in [5, 5.41) is 10.0. The van der Waals surface area contributed by atoms with Gasteiger partial charge in [-0.05, 0) is 37.1 Å². The van der Waals surface area contributed by atoms with Crippen molar-refractivity contribution in [2.45, 2.75) is 26.8 Å². The van der Waals surface area contributed by atoms with Crippen molar-refractivity contribution in [1.82, 2.24) is 25.5 Å². The van der Waals surface area contributed by atoms with E-state index in [0.29, 0.717) is 11.4 Å². The number of carbonyl (C=O) groups excluding carboxylic acids is 1. The van der Waals surface area contributed by atoms with Gasteiger partial charge in [0, 0.05) is 17.3 Å². The normalized spacial score (nSPS) is 12.2. The lowest BCUT2D eigenvalue weighted by molar-refractivity contribution is 0.0924. The Bertz CT molecular complexity index is 840. The average molecular weight is 335 g/mol. The zero-order valence-electron chi connectivity index (χ0n) is 14.5. The van der Waals surface area contributed by atoms with Crippen LogP contribution in [-0.2, 0) is 0 Å². The minimum atomic E-state index is -0.135. The van der Waals surface area contributed by atoms with Crippen molar-refractivity contribution in [3.8, 4) is 11.4 Å². The Balaban J connectivity index is 1.76. The first-order valence-corrected chi connectivity index (χ1v) is 8.26. The van der Waals surface area contributed by atoms with Gasteiger partial charge in [-0.15, -0.1) is 0 Å². The second-order valence-electron chi connectivity index (χ2n) is 6.27. The largest absolute Gasteiger partial charge is 0.343 e. The van der Waals surface area contributed by atoms with Crippen molar-refractivity contribution in [3.05, 3.63) is 65.7 Å². The lowest BCUT2D eigenvalue weighted by Crippen LogP contribution is -2.32. The molecule has 3 rings (SSSR count). The molecule has 3 aromatic rings. The van der Waals surface area contributed by atoms with Gasteiger partial charge in [0.15, 0.2) is 5.82 Å². The molecule has 1 aromatic carbocycles. The molecule has 0 saturated heterocycles. The molecule has 0 radical (unpaired) electrons. The van der Waals surface area contributed by atoms with Gasteiger partial charge in [-0.2, -0.15) is 5.10 Å². The summed E-state index contributed by atoms with van der Waals surface area (Å²) in [6.45, 7) is 5.98. The van der Waals surface area contributed by atoms with Gasteiger partial charge < -0.3 is 5.32 Å². The lowest BCUT2D eigenvalue weighted by atomic mass is 9.99. The first kappa shape index (κ1) is 16.8. The molecule has 0 saturated carbocycles. The standard InChI is InChI=1S/C19H21N5O/c1-12(2)17(16-6-4-5-11-20-16)22-19(25)15-9-7-14(8-10-15)18-21-13(3)23-24-18/h4-12,17H,1-3H3,(H,22,25)(H,21,23,24)/t17-/m0/s1. The van der Waals surface area contributed by atoms with Crippen LogP contribution in [0.4, 0.5) is 0 Å². The van der Waals surface area contributed by atoms with Crippen LogP contribution in [0.1, 0.15) is 41.8 Å². The third-order valence-electron chi connectivity index (χ3n) is 3.96. The van der Waals surface area contributed by atoms with Gasteiger partial charge in [0.1, 0.15) is 5.82 Å². The molecule has 6 nitrogen and oxygen atoms in total. The fourth-order valence-electron chi connectivity index (χ4n) is 2.61. The van der Waals surface area contributed by atoms with Crippen LogP contribution in [0.2, 0.25) is 0 Å². The molecule has 2 aromatic heterocycles. The fourth-order valence-corrected chi connectivity index (χ4v) is 2.61. The van der Waals surface area contributed by atoms with Gasteiger partial charge in [-0.1, -0.05) is 32.0 Å². The van der Waals surface area contributed by atoms with Gasteiger partial charge in [-0.3, -0.25) is 14.9 Å². The molecule has 2 N–H and O–H groups in total. The van der Waals surface area contributed by atoms with E-state index in [4.69, 9.17) is 0 Å². The molecule has 128 valence electrons.